The lowest BCUT2D eigenvalue weighted by Gasteiger charge is -2.12. The fourth-order valence-corrected chi connectivity index (χ4v) is 4.15. The number of benzene rings is 2. The molecule has 0 saturated heterocycles. The van der Waals surface area contributed by atoms with Gasteiger partial charge >= 0.3 is 0 Å². The van der Waals surface area contributed by atoms with E-state index in [1.165, 1.54) is 11.3 Å². The number of aromatic nitrogens is 6. The highest BCUT2D eigenvalue weighted by Gasteiger charge is 2.18. The van der Waals surface area contributed by atoms with Crippen molar-refractivity contribution < 1.29 is 5.11 Å². The Balaban J connectivity index is 1.64. The van der Waals surface area contributed by atoms with Gasteiger partial charge < -0.3 is 5.11 Å². The molecule has 7 nitrogen and oxygen atoms in total. The molecule has 0 amide bonds. The van der Waals surface area contributed by atoms with Gasteiger partial charge in [0.1, 0.15) is 0 Å². The Morgan fingerprint density at radius 3 is 2.41 bits per heavy atom. The van der Waals surface area contributed by atoms with Gasteiger partial charge in [-0.1, -0.05) is 75.7 Å². The normalized spacial score (nSPS) is 11.4. The van der Waals surface area contributed by atoms with Crippen molar-refractivity contribution in [2.45, 2.75) is 53.2 Å². The van der Waals surface area contributed by atoms with Gasteiger partial charge in [0.25, 0.3) is 0 Å². The molecule has 4 rings (SSSR count). The van der Waals surface area contributed by atoms with Gasteiger partial charge in [0.05, 0.1) is 12.3 Å². The summed E-state index contributed by atoms with van der Waals surface area (Å²) < 4.78 is 2.10. The summed E-state index contributed by atoms with van der Waals surface area (Å²) in [5.74, 6) is 1.09. The zero-order valence-electron chi connectivity index (χ0n) is 18.9. The summed E-state index contributed by atoms with van der Waals surface area (Å²) in [6.07, 6.45) is 2.77. The van der Waals surface area contributed by atoms with Crippen LogP contribution in [0.2, 0.25) is 0 Å². The second kappa shape index (κ2) is 9.87. The van der Waals surface area contributed by atoms with Gasteiger partial charge in [-0.15, -0.1) is 10.2 Å². The molecule has 0 radical (unpaired) electrons. The third-order valence-electron chi connectivity index (χ3n) is 5.58. The van der Waals surface area contributed by atoms with E-state index >= 15 is 0 Å². The van der Waals surface area contributed by atoms with Gasteiger partial charge in [0.15, 0.2) is 0 Å². The molecule has 7 heteroatoms. The topological polar surface area (TPSA) is 92.5 Å². The number of H-pyrrole nitrogens is 1. The highest BCUT2D eigenvalue weighted by Crippen LogP contribution is 2.30. The van der Waals surface area contributed by atoms with Gasteiger partial charge in [-0.2, -0.15) is 10.3 Å². The number of tetrazole rings is 1. The van der Waals surface area contributed by atoms with Gasteiger partial charge in [0.2, 0.25) is 5.82 Å². The Hall–Kier alpha value is -3.32. The van der Waals surface area contributed by atoms with Crippen LogP contribution in [-0.4, -0.2) is 35.5 Å². The molecule has 2 aromatic carbocycles. The van der Waals surface area contributed by atoms with Crippen LogP contribution in [0, 0.1) is 5.92 Å². The summed E-state index contributed by atoms with van der Waals surface area (Å²) in [4.78, 5) is 0. The first-order valence-corrected chi connectivity index (χ1v) is 11.2. The van der Waals surface area contributed by atoms with Crippen LogP contribution in [0.4, 0.5) is 0 Å². The van der Waals surface area contributed by atoms with E-state index in [-0.39, 0.29) is 6.61 Å². The number of rotatable bonds is 9. The molecule has 0 bridgehead atoms. The molecule has 0 aliphatic heterocycles. The maximum absolute atomic E-state index is 9.96. The molecule has 32 heavy (non-hydrogen) atoms. The van der Waals surface area contributed by atoms with Crippen LogP contribution in [0.15, 0.2) is 48.5 Å². The number of aliphatic hydroxyl groups is 1. The van der Waals surface area contributed by atoms with Crippen LogP contribution < -0.4 is 0 Å². The SMILES string of the molecule is CCCc1c(Cc2ccc(-c3ccccc3-c3nn[nH]n3)cc2)c(CO)nn1CC(C)C. The van der Waals surface area contributed by atoms with E-state index in [0.717, 1.165) is 53.8 Å². The zero-order chi connectivity index (χ0) is 22.5. The minimum Gasteiger partial charge on any atom is -0.390 e. The second-order valence-electron chi connectivity index (χ2n) is 8.51. The quantitative estimate of drug-likeness (QED) is 0.410. The Labute approximate surface area is 188 Å². The third-order valence-corrected chi connectivity index (χ3v) is 5.58. The van der Waals surface area contributed by atoms with Crippen molar-refractivity contribution in [3.63, 3.8) is 0 Å². The first kappa shape index (κ1) is 21.9. The number of hydrogen-bond acceptors (Lipinski definition) is 5. The van der Waals surface area contributed by atoms with E-state index in [9.17, 15) is 5.11 Å². The molecule has 2 aromatic heterocycles. The summed E-state index contributed by atoms with van der Waals surface area (Å²) in [6.45, 7) is 7.41. The Morgan fingerprint density at radius 1 is 1.03 bits per heavy atom. The minimum absolute atomic E-state index is 0.0344. The van der Waals surface area contributed by atoms with E-state index < -0.39 is 0 Å². The first-order valence-electron chi connectivity index (χ1n) is 11.2. The molecule has 0 atom stereocenters. The Kier molecular flexibility index (Phi) is 6.75. The van der Waals surface area contributed by atoms with E-state index in [0.29, 0.717) is 11.7 Å². The van der Waals surface area contributed by atoms with Crippen molar-refractivity contribution in [1.82, 2.24) is 30.4 Å². The van der Waals surface area contributed by atoms with Gasteiger partial charge in [0, 0.05) is 29.8 Å². The van der Waals surface area contributed by atoms with Crippen molar-refractivity contribution in [1.29, 1.82) is 0 Å². The number of hydrogen-bond donors (Lipinski definition) is 2. The lowest BCUT2D eigenvalue weighted by molar-refractivity contribution is 0.273. The average Bonchev–Trinajstić information content (AvgIpc) is 3.44. The fourth-order valence-electron chi connectivity index (χ4n) is 4.15. The molecule has 0 unspecified atom stereocenters. The first-order chi connectivity index (χ1) is 15.6. The van der Waals surface area contributed by atoms with Crippen molar-refractivity contribution in [3.05, 3.63) is 71.0 Å². The van der Waals surface area contributed by atoms with E-state index in [2.05, 4.69) is 76.4 Å². The molecule has 4 aromatic rings. The van der Waals surface area contributed by atoms with Crippen LogP contribution in [0.5, 0.6) is 0 Å². The van der Waals surface area contributed by atoms with Crippen LogP contribution in [0.1, 0.15) is 49.7 Å². The summed E-state index contributed by atoms with van der Waals surface area (Å²) >= 11 is 0. The predicted octanol–water partition coefficient (Wildman–Crippen LogP) is 4.42. The van der Waals surface area contributed by atoms with Crippen LogP contribution in [0.3, 0.4) is 0 Å². The highest BCUT2D eigenvalue weighted by atomic mass is 16.3. The van der Waals surface area contributed by atoms with Gasteiger partial charge in [-0.3, -0.25) is 4.68 Å². The summed E-state index contributed by atoms with van der Waals surface area (Å²) in [7, 11) is 0. The largest absolute Gasteiger partial charge is 0.390 e. The Bertz CT molecular complexity index is 1150. The molecule has 2 heterocycles. The average molecular weight is 431 g/mol. The minimum atomic E-state index is -0.0344. The fraction of sp³-hybridized carbons (Fsp3) is 0.360. The van der Waals surface area contributed by atoms with Gasteiger partial charge in [-0.05, 0) is 34.2 Å². The molecule has 0 saturated carbocycles. The molecule has 0 fully saturated rings. The second-order valence-corrected chi connectivity index (χ2v) is 8.51. The Morgan fingerprint density at radius 2 is 1.78 bits per heavy atom. The molecule has 0 aliphatic rings. The van der Waals surface area contributed by atoms with E-state index in [1.54, 1.807) is 0 Å². The van der Waals surface area contributed by atoms with Crippen LogP contribution >= 0.6 is 0 Å². The lowest BCUT2D eigenvalue weighted by atomic mass is 9.96. The monoisotopic (exact) mass is 430 g/mol. The molecule has 0 spiro atoms. The molecular formula is C25H30N6O. The molecule has 2 N–H and O–H groups in total. The molecule has 166 valence electrons. The lowest BCUT2D eigenvalue weighted by Crippen LogP contribution is -2.10. The number of aromatic amines is 1. The third kappa shape index (κ3) is 4.62. The van der Waals surface area contributed by atoms with Crippen molar-refractivity contribution in [2.75, 3.05) is 0 Å². The van der Waals surface area contributed by atoms with Crippen LogP contribution in [-0.2, 0) is 26.0 Å². The summed E-state index contributed by atoms with van der Waals surface area (Å²) in [5.41, 5.74) is 7.50. The highest BCUT2D eigenvalue weighted by molar-refractivity contribution is 5.80. The standard InChI is InChI=1S/C25H30N6O/c1-4-7-24-22(23(16-32)28-31(24)15-17(2)3)14-18-10-12-19(13-11-18)20-8-5-6-9-21(20)25-26-29-30-27-25/h5-6,8-13,17,32H,4,7,14-16H2,1-3H3,(H,26,27,29,30). The van der Waals surface area contributed by atoms with Crippen molar-refractivity contribution in [3.8, 4) is 22.5 Å². The summed E-state index contributed by atoms with van der Waals surface area (Å²) in [5, 5.41) is 29.2. The van der Waals surface area contributed by atoms with Crippen molar-refractivity contribution in [2.24, 2.45) is 5.92 Å². The smallest absolute Gasteiger partial charge is 0.205 e. The van der Waals surface area contributed by atoms with E-state index in [1.807, 2.05) is 18.2 Å². The van der Waals surface area contributed by atoms with Gasteiger partial charge in [-0.25, -0.2) is 0 Å². The maximum Gasteiger partial charge on any atom is 0.205 e. The number of aliphatic hydroxyl groups excluding tert-OH is 1. The van der Waals surface area contributed by atoms with Crippen LogP contribution in [0.25, 0.3) is 22.5 Å². The van der Waals surface area contributed by atoms with E-state index in [4.69, 9.17) is 5.10 Å². The molecule has 0 aliphatic carbocycles. The number of nitrogens with zero attached hydrogens (tertiary/aromatic N) is 5. The van der Waals surface area contributed by atoms with Crippen molar-refractivity contribution >= 4 is 0 Å². The molecular weight excluding hydrogens is 400 g/mol. The zero-order valence-corrected chi connectivity index (χ0v) is 18.9. The summed E-state index contributed by atoms with van der Waals surface area (Å²) in [6, 6.07) is 16.6. The predicted molar refractivity (Wildman–Crippen MR) is 125 cm³/mol. The maximum atomic E-state index is 9.96. The number of nitrogens with one attached hydrogen (secondary N) is 1.